The molecule has 0 radical (unpaired) electrons. The van der Waals surface area contributed by atoms with Crippen LogP contribution in [0, 0.1) is 12.7 Å². The van der Waals surface area contributed by atoms with Gasteiger partial charge in [-0.15, -0.1) is 0 Å². The molecular weight excluding hydrogens is 222 g/mol. The van der Waals surface area contributed by atoms with E-state index >= 15 is 0 Å². The van der Waals surface area contributed by atoms with Gasteiger partial charge in [-0.25, -0.2) is 4.39 Å². The average molecular weight is 231 g/mol. The lowest BCUT2D eigenvalue weighted by molar-refractivity contribution is -0.0584. The van der Waals surface area contributed by atoms with Crippen molar-refractivity contribution in [2.24, 2.45) is 4.99 Å². The summed E-state index contributed by atoms with van der Waals surface area (Å²) < 4.78 is 51.0. The van der Waals surface area contributed by atoms with Gasteiger partial charge < -0.3 is 0 Å². The minimum atomic E-state index is -4.52. The van der Waals surface area contributed by atoms with Crippen LogP contribution in [0.4, 0.5) is 17.6 Å². The zero-order chi connectivity index (χ0) is 11.9. The maximum absolute atomic E-state index is 13.2. The number of alkyl halides is 3. The first-order valence-corrected chi connectivity index (χ1v) is 4.80. The molecule has 2 rings (SSSR count). The Morgan fingerprint density at radius 1 is 1.25 bits per heavy atom. The van der Waals surface area contributed by atoms with Crippen LogP contribution >= 0.6 is 0 Å². The van der Waals surface area contributed by atoms with Crippen LogP contribution in [-0.4, -0.2) is 18.4 Å². The van der Waals surface area contributed by atoms with Crippen LogP contribution in [0.1, 0.15) is 16.7 Å². The molecule has 1 aromatic carbocycles. The van der Waals surface area contributed by atoms with Gasteiger partial charge in [0.2, 0.25) is 0 Å². The van der Waals surface area contributed by atoms with Crippen LogP contribution in [-0.2, 0) is 6.42 Å². The van der Waals surface area contributed by atoms with Crippen LogP contribution in [0.2, 0.25) is 0 Å². The molecule has 1 nitrogen and oxygen atoms in total. The summed E-state index contributed by atoms with van der Waals surface area (Å²) in [7, 11) is 0. The summed E-state index contributed by atoms with van der Waals surface area (Å²) in [5, 5.41) is 0. The molecule has 0 unspecified atom stereocenters. The van der Waals surface area contributed by atoms with Crippen molar-refractivity contribution >= 4 is 5.71 Å². The summed E-state index contributed by atoms with van der Waals surface area (Å²) in [6.07, 6.45) is -4.09. The zero-order valence-corrected chi connectivity index (χ0v) is 8.53. The third-order valence-electron chi connectivity index (χ3n) is 2.56. The Balaban J connectivity index is 2.58. The number of nitrogens with zero attached hydrogens (tertiary/aromatic N) is 1. The van der Waals surface area contributed by atoms with Gasteiger partial charge in [-0.05, 0) is 30.5 Å². The first-order chi connectivity index (χ1) is 7.39. The van der Waals surface area contributed by atoms with Crippen molar-refractivity contribution in [2.75, 3.05) is 6.54 Å². The largest absolute Gasteiger partial charge is 0.433 e. The predicted octanol–water partition coefficient (Wildman–Crippen LogP) is 3.04. The summed E-state index contributed by atoms with van der Waals surface area (Å²) in [5.74, 6) is -0.627. The smallest absolute Gasteiger partial charge is 0.280 e. The Morgan fingerprint density at radius 3 is 2.56 bits per heavy atom. The minimum Gasteiger partial charge on any atom is -0.280 e. The van der Waals surface area contributed by atoms with Gasteiger partial charge in [-0.1, -0.05) is 6.07 Å². The molecule has 0 aliphatic carbocycles. The molecular formula is C11H9F4N. The maximum Gasteiger partial charge on any atom is 0.433 e. The Bertz CT molecular complexity index is 460. The van der Waals surface area contributed by atoms with Gasteiger partial charge in [0.05, 0.1) is 0 Å². The lowest BCUT2D eigenvalue weighted by Crippen LogP contribution is -2.28. The molecule has 0 saturated carbocycles. The van der Waals surface area contributed by atoms with Crippen LogP contribution in [0.5, 0.6) is 0 Å². The molecule has 0 amide bonds. The molecule has 86 valence electrons. The van der Waals surface area contributed by atoms with Crippen molar-refractivity contribution in [3.63, 3.8) is 0 Å². The van der Waals surface area contributed by atoms with E-state index in [9.17, 15) is 17.6 Å². The normalized spacial score (nSPS) is 15.7. The van der Waals surface area contributed by atoms with Crippen molar-refractivity contribution in [1.82, 2.24) is 0 Å². The summed E-state index contributed by atoms with van der Waals surface area (Å²) in [4.78, 5) is 3.44. The maximum atomic E-state index is 13.2. The van der Waals surface area contributed by atoms with Gasteiger partial charge in [-0.2, -0.15) is 13.2 Å². The number of hydrogen-bond acceptors (Lipinski definition) is 1. The standard InChI is InChI=1S/C11H9F4N/c1-6-4-7-2-3-16-10(11(13,14)15)8(7)5-9(6)12/h4-5H,2-3H2,1H3. The SMILES string of the molecule is Cc1cc2c(cc1F)C(C(F)(F)F)=NCC2. The third-order valence-corrected chi connectivity index (χ3v) is 2.56. The van der Waals surface area contributed by atoms with Crippen LogP contribution in [0.15, 0.2) is 17.1 Å². The second-order valence-electron chi connectivity index (χ2n) is 3.74. The fraction of sp³-hybridized carbons (Fsp3) is 0.364. The molecule has 1 heterocycles. The Hall–Kier alpha value is -1.39. The molecule has 1 aliphatic heterocycles. The summed E-state index contributed by atoms with van der Waals surface area (Å²) >= 11 is 0. The summed E-state index contributed by atoms with van der Waals surface area (Å²) in [6.45, 7) is 1.64. The first kappa shape index (κ1) is 11.1. The number of benzene rings is 1. The van der Waals surface area contributed by atoms with Crippen LogP contribution in [0.25, 0.3) is 0 Å². The lowest BCUT2D eigenvalue weighted by atomic mass is 9.95. The molecule has 16 heavy (non-hydrogen) atoms. The third kappa shape index (κ3) is 1.81. The van der Waals surface area contributed by atoms with E-state index < -0.39 is 17.7 Å². The number of rotatable bonds is 0. The Morgan fingerprint density at radius 2 is 1.94 bits per heavy atom. The van der Waals surface area contributed by atoms with E-state index in [1.807, 2.05) is 0 Å². The van der Waals surface area contributed by atoms with Gasteiger partial charge in [0, 0.05) is 12.1 Å². The van der Waals surface area contributed by atoms with Crippen molar-refractivity contribution < 1.29 is 17.6 Å². The molecule has 0 aromatic heterocycles. The van der Waals surface area contributed by atoms with E-state index in [2.05, 4.69) is 4.99 Å². The highest BCUT2D eigenvalue weighted by molar-refractivity contribution is 6.06. The molecule has 5 heteroatoms. The minimum absolute atomic E-state index is 0.104. The van der Waals surface area contributed by atoms with Gasteiger partial charge in [0.1, 0.15) is 11.5 Å². The van der Waals surface area contributed by atoms with E-state index in [0.717, 1.165) is 6.07 Å². The zero-order valence-electron chi connectivity index (χ0n) is 8.53. The van der Waals surface area contributed by atoms with Crippen molar-refractivity contribution in [1.29, 1.82) is 0 Å². The van der Waals surface area contributed by atoms with E-state index in [0.29, 0.717) is 17.5 Å². The van der Waals surface area contributed by atoms with E-state index in [1.165, 1.54) is 13.0 Å². The monoisotopic (exact) mass is 231 g/mol. The topological polar surface area (TPSA) is 12.4 Å². The summed E-state index contributed by atoms with van der Waals surface area (Å²) in [6, 6.07) is 2.39. The van der Waals surface area contributed by atoms with Crippen LogP contribution in [0.3, 0.4) is 0 Å². The van der Waals surface area contributed by atoms with E-state index in [-0.39, 0.29) is 12.1 Å². The van der Waals surface area contributed by atoms with Crippen molar-refractivity contribution in [3.8, 4) is 0 Å². The fourth-order valence-corrected chi connectivity index (χ4v) is 1.78. The molecule has 0 atom stereocenters. The number of halogens is 4. The molecule has 1 aliphatic rings. The Labute approximate surface area is 89.8 Å². The average Bonchev–Trinajstić information content (AvgIpc) is 2.17. The van der Waals surface area contributed by atoms with Crippen LogP contribution < -0.4 is 0 Å². The highest BCUT2D eigenvalue weighted by Crippen LogP contribution is 2.29. The highest BCUT2D eigenvalue weighted by Gasteiger charge is 2.39. The second kappa shape index (κ2) is 3.57. The molecule has 0 saturated heterocycles. The van der Waals surface area contributed by atoms with Gasteiger partial charge in [0.15, 0.2) is 0 Å². The molecule has 0 fully saturated rings. The van der Waals surface area contributed by atoms with Crippen molar-refractivity contribution in [3.05, 3.63) is 34.6 Å². The predicted molar refractivity (Wildman–Crippen MR) is 52.3 cm³/mol. The number of hydrogen-bond donors (Lipinski definition) is 0. The molecule has 0 bridgehead atoms. The Kier molecular flexibility index (Phi) is 2.48. The van der Waals surface area contributed by atoms with E-state index in [4.69, 9.17) is 0 Å². The van der Waals surface area contributed by atoms with Gasteiger partial charge >= 0.3 is 6.18 Å². The molecule has 1 aromatic rings. The molecule has 0 N–H and O–H groups in total. The van der Waals surface area contributed by atoms with E-state index in [1.54, 1.807) is 0 Å². The number of aryl methyl sites for hydroxylation is 1. The molecule has 0 spiro atoms. The lowest BCUT2D eigenvalue weighted by Gasteiger charge is -2.19. The second-order valence-corrected chi connectivity index (χ2v) is 3.74. The highest BCUT2D eigenvalue weighted by atomic mass is 19.4. The first-order valence-electron chi connectivity index (χ1n) is 4.80. The quantitative estimate of drug-likeness (QED) is 0.608. The van der Waals surface area contributed by atoms with Crippen molar-refractivity contribution in [2.45, 2.75) is 19.5 Å². The number of aliphatic imine (C=N–C) groups is 1. The fourth-order valence-electron chi connectivity index (χ4n) is 1.78. The summed E-state index contributed by atoms with van der Waals surface area (Å²) in [5.41, 5.74) is -0.210. The number of fused-ring (bicyclic) bond motifs is 1. The van der Waals surface area contributed by atoms with Gasteiger partial charge in [0.25, 0.3) is 0 Å². The van der Waals surface area contributed by atoms with Gasteiger partial charge in [-0.3, -0.25) is 4.99 Å².